The first-order chi connectivity index (χ1) is 12.7. The fourth-order valence-electron chi connectivity index (χ4n) is 2.44. The highest BCUT2D eigenvalue weighted by Crippen LogP contribution is 2.20. The summed E-state index contributed by atoms with van der Waals surface area (Å²) >= 11 is 6.00. The van der Waals surface area contributed by atoms with Crippen LogP contribution in [0.4, 0.5) is 16.4 Å². The van der Waals surface area contributed by atoms with Crippen molar-refractivity contribution in [2.75, 3.05) is 17.2 Å². The van der Waals surface area contributed by atoms with Crippen LogP contribution >= 0.6 is 11.6 Å². The van der Waals surface area contributed by atoms with E-state index in [9.17, 15) is 9.90 Å². The van der Waals surface area contributed by atoms with Crippen LogP contribution in [0.2, 0.25) is 5.02 Å². The van der Waals surface area contributed by atoms with E-state index in [0.29, 0.717) is 17.1 Å². The van der Waals surface area contributed by atoms with E-state index in [0.717, 1.165) is 5.56 Å². The lowest BCUT2D eigenvalue weighted by atomic mass is 10.1. The number of hydrogen-bond acceptors (Lipinski definition) is 4. The first-order valence-electron chi connectivity index (χ1n) is 8.01. The van der Waals surface area contributed by atoms with Crippen LogP contribution in [0.15, 0.2) is 65.3 Å². The highest BCUT2D eigenvalue weighted by Gasteiger charge is 2.24. The van der Waals surface area contributed by atoms with Crippen LogP contribution in [-0.2, 0) is 6.42 Å². The zero-order valence-corrected chi connectivity index (χ0v) is 14.6. The molecule has 8 heteroatoms. The number of nitrogens with one attached hydrogen (secondary N) is 2. The number of carbonyl (C=O) groups excluding carboxylic acids is 1. The average molecular weight is 374 g/mol. The van der Waals surface area contributed by atoms with Crippen molar-refractivity contribution in [2.24, 2.45) is 0 Å². The third-order valence-corrected chi connectivity index (χ3v) is 4.07. The number of aromatic nitrogens is 2. The van der Waals surface area contributed by atoms with E-state index in [4.69, 9.17) is 16.1 Å². The maximum absolute atomic E-state index is 12.0. The molecule has 0 aliphatic rings. The molecular formula is C18H18ClN4O3+. The number of anilines is 2. The van der Waals surface area contributed by atoms with Crippen LogP contribution in [0.1, 0.15) is 11.6 Å². The van der Waals surface area contributed by atoms with Gasteiger partial charge in [-0.1, -0.05) is 54.1 Å². The van der Waals surface area contributed by atoms with Crippen molar-refractivity contribution in [2.45, 2.75) is 12.5 Å². The van der Waals surface area contributed by atoms with Gasteiger partial charge in [0.15, 0.2) is 0 Å². The van der Waals surface area contributed by atoms with Crippen LogP contribution in [0.3, 0.4) is 0 Å². The van der Waals surface area contributed by atoms with E-state index in [1.54, 1.807) is 24.3 Å². The monoisotopic (exact) mass is 373 g/mol. The lowest BCUT2D eigenvalue weighted by Crippen LogP contribution is -2.43. The second-order valence-corrected chi connectivity index (χ2v) is 6.04. The molecule has 0 saturated carbocycles. The lowest BCUT2D eigenvalue weighted by Gasteiger charge is -2.05. The predicted molar refractivity (Wildman–Crippen MR) is 97.1 cm³/mol. The SMILES string of the molecule is O=C(Nc1c[n+](C(CO)Cc2ccccc2)no1)Nc1ccccc1Cl. The third-order valence-electron chi connectivity index (χ3n) is 3.74. The first kappa shape index (κ1) is 17.9. The van der Waals surface area contributed by atoms with E-state index in [1.165, 1.54) is 10.9 Å². The summed E-state index contributed by atoms with van der Waals surface area (Å²) in [6.45, 7) is -0.114. The van der Waals surface area contributed by atoms with Gasteiger partial charge in [-0.05, 0) is 22.4 Å². The Morgan fingerprint density at radius 2 is 1.88 bits per heavy atom. The number of aliphatic hydroxyl groups is 1. The number of urea groups is 1. The highest BCUT2D eigenvalue weighted by atomic mass is 35.5. The van der Waals surface area contributed by atoms with Gasteiger partial charge in [-0.2, -0.15) is 0 Å². The maximum Gasteiger partial charge on any atom is 0.326 e. The summed E-state index contributed by atoms with van der Waals surface area (Å²) in [6.07, 6.45) is 2.11. The molecule has 3 aromatic rings. The van der Waals surface area contributed by atoms with E-state index >= 15 is 0 Å². The lowest BCUT2D eigenvalue weighted by molar-refractivity contribution is -0.786. The number of nitrogens with zero attached hydrogens (tertiary/aromatic N) is 2. The van der Waals surface area contributed by atoms with Gasteiger partial charge in [0.25, 0.3) is 6.20 Å². The van der Waals surface area contributed by atoms with Crippen molar-refractivity contribution in [3.8, 4) is 0 Å². The first-order valence-corrected chi connectivity index (χ1v) is 8.39. The molecule has 0 radical (unpaired) electrons. The molecule has 0 spiro atoms. The molecule has 1 heterocycles. The topological polar surface area (TPSA) is 91.3 Å². The van der Waals surface area contributed by atoms with Gasteiger partial charge >= 0.3 is 11.9 Å². The molecule has 0 aliphatic carbocycles. The zero-order valence-electron chi connectivity index (χ0n) is 13.8. The van der Waals surface area contributed by atoms with Gasteiger partial charge in [-0.25, -0.2) is 4.79 Å². The second kappa shape index (κ2) is 8.46. The van der Waals surface area contributed by atoms with Crippen molar-refractivity contribution in [1.82, 2.24) is 5.27 Å². The van der Waals surface area contributed by atoms with Crippen molar-refractivity contribution >= 4 is 29.2 Å². The minimum atomic E-state index is -0.509. The number of halogens is 1. The van der Waals surface area contributed by atoms with Crippen LogP contribution in [0.5, 0.6) is 0 Å². The summed E-state index contributed by atoms with van der Waals surface area (Å²) in [5.41, 5.74) is 1.55. The van der Waals surface area contributed by atoms with Gasteiger partial charge in [-0.3, -0.25) is 9.84 Å². The fraction of sp³-hybridized carbons (Fsp3) is 0.167. The van der Waals surface area contributed by atoms with Crippen molar-refractivity contribution in [3.63, 3.8) is 0 Å². The minimum absolute atomic E-state index is 0.114. The number of aliphatic hydroxyl groups excluding tert-OH is 1. The van der Waals surface area contributed by atoms with Crippen molar-refractivity contribution < 1.29 is 19.1 Å². The number of carbonyl (C=O) groups is 1. The van der Waals surface area contributed by atoms with Crippen molar-refractivity contribution in [3.05, 3.63) is 71.4 Å². The molecular weight excluding hydrogens is 356 g/mol. The number of para-hydroxylation sites is 1. The van der Waals surface area contributed by atoms with E-state index < -0.39 is 6.03 Å². The molecule has 1 aromatic heterocycles. The molecule has 7 nitrogen and oxygen atoms in total. The normalized spacial score (nSPS) is 11.8. The number of benzene rings is 2. The van der Waals surface area contributed by atoms with Gasteiger partial charge in [-0.15, -0.1) is 0 Å². The second-order valence-electron chi connectivity index (χ2n) is 5.63. The standard InChI is InChI=1S/C18H17ClN4O3/c19-15-8-4-5-9-16(15)20-18(25)21-17-11-23(22-26-17)14(12-24)10-13-6-2-1-3-7-13/h1-9,11,14,24H,10,12H2,(H-,20,21,22,25)/p+1. The van der Waals surface area contributed by atoms with E-state index in [-0.39, 0.29) is 18.5 Å². The molecule has 26 heavy (non-hydrogen) atoms. The van der Waals surface area contributed by atoms with Crippen LogP contribution in [0, 0.1) is 0 Å². The Kier molecular flexibility index (Phi) is 5.83. The van der Waals surface area contributed by atoms with Crippen LogP contribution in [-0.4, -0.2) is 23.0 Å². The minimum Gasteiger partial charge on any atom is -0.389 e. The summed E-state index contributed by atoms with van der Waals surface area (Å²) in [4.78, 5) is 12.0. The van der Waals surface area contributed by atoms with Crippen LogP contribution in [0.25, 0.3) is 0 Å². The number of rotatable bonds is 6. The molecule has 0 saturated heterocycles. The highest BCUT2D eigenvalue weighted by molar-refractivity contribution is 6.33. The summed E-state index contributed by atoms with van der Waals surface area (Å²) in [6, 6.07) is 15.8. The largest absolute Gasteiger partial charge is 0.389 e. The number of amides is 2. The average Bonchev–Trinajstić information content (AvgIpc) is 3.10. The molecule has 0 bridgehead atoms. The van der Waals surface area contributed by atoms with Gasteiger partial charge < -0.3 is 10.4 Å². The molecule has 3 N–H and O–H groups in total. The Labute approximate surface area is 155 Å². The molecule has 0 aliphatic heterocycles. The molecule has 2 aromatic carbocycles. The summed E-state index contributed by atoms with van der Waals surface area (Å²) in [5.74, 6) is 0.154. The molecule has 1 atom stereocenters. The summed E-state index contributed by atoms with van der Waals surface area (Å²) in [5, 5.41) is 19.1. The molecule has 134 valence electrons. The van der Waals surface area contributed by atoms with Crippen molar-refractivity contribution in [1.29, 1.82) is 0 Å². The summed E-state index contributed by atoms with van der Waals surface area (Å²) < 4.78 is 6.60. The Morgan fingerprint density at radius 3 is 2.62 bits per heavy atom. The van der Waals surface area contributed by atoms with E-state index in [1.807, 2.05) is 30.3 Å². The Hall–Kier alpha value is -2.90. The zero-order chi connectivity index (χ0) is 18.4. The smallest absolute Gasteiger partial charge is 0.326 e. The Bertz CT molecular complexity index is 870. The predicted octanol–water partition coefficient (Wildman–Crippen LogP) is 3.04. The molecule has 3 rings (SSSR count). The van der Waals surface area contributed by atoms with E-state index in [2.05, 4.69) is 15.9 Å². The maximum atomic E-state index is 12.0. The summed E-state index contributed by atoms with van der Waals surface area (Å²) in [7, 11) is 0. The van der Waals surface area contributed by atoms with Gasteiger partial charge in [0.1, 0.15) is 6.61 Å². The Balaban J connectivity index is 1.63. The third kappa shape index (κ3) is 4.59. The molecule has 2 amide bonds. The molecule has 0 fully saturated rings. The quantitative estimate of drug-likeness (QED) is 0.579. The number of hydrogen-bond donors (Lipinski definition) is 3. The van der Waals surface area contributed by atoms with Crippen LogP contribution < -0.4 is 15.3 Å². The van der Waals surface area contributed by atoms with Gasteiger partial charge in [0.05, 0.1) is 10.7 Å². The Morgan fingerprint density at radius 1 is 1.15 bits per heavy atom. The van der Waals surface area contributed by atoms with Gasteiger partial charge in [0.2, 0.25) is 11.3 Å². The van der Waals surface area contributed by atoms with Gasteiger partial charge in [0, 0.05) is 6.42 Å². The fourth-order valence-corrected chi connectivity index (χ4v) is 2.62. The molecule has 1 unspecified atom stereocenters.